The van der Waals surface area contributed by atoms with Crippen LogP contribution in [0.5, 0.6) is 11.5 Å². The van der Waals surface area contributed by atoms with E-state index in [0.717, 1.165) is 0 Å². The minimum atomic E-state index is -2.95. The summed E-state index contributed by atoms with van der Waals surface area (Å²) in [7, 11) is 1.35. The van der Waals surface area contributed by atoms with E-state index in [1.165, 1.54) is 25.3 Å². The summed E-state index contributed by atoms with van der Waals surface area (Å²) in [5, 5.41) is 2.80. The smallest absolute Gasteiger partial charge is 0.410 e. The number of halogens is 2. The van der Waals surface area contributed by atoms with Crippen LogP contribution in [0.2, 0.25) is 0 Å². The van der Waals surface area contributed by atoms with Crippen LogP contribution in [0.15, 0.2) is 24.3 Å². The number of nitrogens with one attached hydrogen (secondary N) is 1. The fraction of sp³-hybridized carbons (Fsp3) is 0.545. The van der Waals surface area contributed by atoms with Crippen molar-refractivity contribution < 1.29 is 32.6 Å². The van der Waals surface area contributed by atoms with Crippen LogP contribution in [0, 0.1) is 0 Å². The lowest BCUT2D eigenvalue weighted by Crippen LogP contribution is -2.51. The normalized spacial score (nSPS) is 15.2. The third-order valence-electron chi connectivity index (χ3n) is 4.58. The molecule has 2 rings (SSSR count). The zero-order valence-electron chi connectivity index (χ0n) is 18.9. The number of nitrogens with zero attached hydrogens (tertiary/aromatic N) is 2. The van der Waals surface area contributed by atoms with E-state index in [9.17, 15) is 18.4 Å². The van der Waals surface area contributed by atoms with Crippen molar-refractivity contribution in [1.29, 1.82) is 0 Å². The molecule has 0 aromatic heterocycles. The highest BCUT2D eigenvalue weighted by Crippen LogP contribution is 2.29. The lowest BCUT2D eigenvalue weighted by Gasteiger charge is -2.35. The van der Waals surface area contributed by atoms with Crippen LogP contribution in [0.1, 0.15) is 26.3 Å². The van der Waals surface area contributed by atoms with Gasteiger partial charge in [0.15, 0.2) is 11.5 Å². The van der Waals surface area contributed by atoms with Crippen LogP contribution in [0.25, 0.3) is 6.08 Å². The number of hydrogen-bond acceptors (Lipinski definition) is 6. The summed E-state index contributed by atoms with van der Waals surface area (Å²) in [5.74, 6) is -0.196. The molecule has 1 aliphatic heterocycles. The van der Waals surface area contributed by atoms with Crippen molar-refractivity contribution in [2.75, 3.05) is 46.4 Å². The van der Waals surface area contributed by atoms with Crippen molar-refractivity contribution >= 4 is 18.1 Å². The molecule has 0 atom stereocenters. The van der Waals surface area contributed by atoms with E-state index in [2.05, 4.69) is 15.0 Å². The van der Waals surface area contributed by atoms with E-state index < -0.39 is 12.2 Å². The highest BCUT2D eigenvalue weighted by molar-refractivity contribution is 5.91. The molecule has 1 N–H and O–H groups in total. The molecule has 0 radical (unpaired) electrons. The van der Waals surface area contributed by atoms with Gasteiger partial charge in [-0.3, -0.25) is 9.69 Å². The molecule has 0 spiro atoms. The number of amides is 2. The van der Waals surface area contributed by atoms with Gasteiger partial charge in [0.2, 0.25) is 5.91 Å². The van der Waals surface area contributed by atoms with Crippen LogP contribution in [0.3, 0.4) is 0 Å². The lowest BCUT2D eigenvalue weighted by molar-refractivity contribution is -0.116. The number of piperazine rings is 1. The first kappa shape index (κ1) is 25.4. The Morgan fingerprint density at radius 2 is 1.84 bits per heavy atom. The highest BCUT2D eigenvalue weighted by Gasteiger charge is 2.25. The molecule has 10 heteroatoms. The lowest BCUT2D eigenvalue weighted by atomic mass is 10.2. The van der Waals surface area contributed by atoms with Crippen molar-refractivity contribution in [3.05, 3.63) is 29.8 Å². The second-order valence-electron chi connectivity index (χ2n) is 8.22. The number of carbonyl (C=O) groups is 2. The van der Waals surface area contributed by atoms with E-state index in [1.807, 2.05) is 20.8 Å². The van der Waals surface area contributed by atoms with Gasteiger partial charge in [0.25, 0.3) is 0 Å². The molecule has 1 fully saturated rings. The standard InChI is InChI=1S/C22H31F2N3O5/c1-22(2,3)32-21(29)27-13-11-26(12-14-27)10-9-25-19(28)8-6-16-5-7-17(31-20(23)24)18(15-16)30-4/h5-8,15,20H,9-14H2,1-4H3,(H,25,28). The van der Waals surface area contributed by atoms with Crippen molar-refractivity contribution in [2.24, 2.45) is 0 Å². The molecule has 1 saturated heterocycles. The third-order valence-corrected chi connectivity index (χ3v) is 4.58. The quantitative estimate of drug-likeness (QED) is 0.607. The monoisotopic (exact) mass is 455 g/mol. The molecular formula is C22H31F2N3O5. The topological polar surface area (TPSA) is 80.3 Å². The van der Waals surface area contributed by atoms with Gasteiger partial charge in [0.1, 0.15) is 5.60 Å². The maximum Gasteiger partial charge on any atom is 0.410 e. The van der Waals surface area contributed by atoms with Crippen LogP contribution in [-0.4, -0.2) is 80.4 Å². The fourth-order valence-corrected chi connectivity index (χ4v) is 3.03. The molecule has 2 amide bonds. The summed E-state index contributed by atoms with van der Waals surface area (Å²) in [4.78, 5) is 28.0. The summed E-state index contributed by atoms with van der Waals surface area (Å²) in [6.07, 6.45) is 2.62. The SMILES string of the molecule is COc1cc(C=CC(=O)NCCN2CCN(C(=O)OC(C)(C)C)CC2)ccc1OC(F)F. The van der Waals surface area contributed by atoms with Crippen LogP contribution in [0.4, 0.5) is 13.6 Å². The maximum atomic E-state index is 12.4. The Labute approximate surface area is 187 Å². The molecule has 0 unspecified atom stereocenters. The van der Waals surface area contributed by atoms with E-state index >= 15 is 0 Å². The van der Waals surface area contributed by atoms with E-state index in [4.69, 9.17) is 9.47 Å². The van der Waals surface area contributed by atoms with E-state index in [0.29, 0.717) is 44.8 Å². The minimum absolute atomic E-state index is 0.0733. The molecule has 32 heavy (non-hydrogen) atoms. The van der Waals surface area contributed by atoms with Gasteiger partial charge in [-0.1, -0.05) is 6.07 Å². The molecule has 1 aliphatic rings. The Hall–Kier alpha value is -2.88. The molecule has 178 valence electrons. The number of ether oxygens (including phenoxy) is 3. The summed E-state index contributed by atoms with van der Waals surface area (Å²) in [6.45, 7) is 6.26. The molecular weight excluding hydrogens is 424 g/mol. The zero-order chi connectivity index (χ0) is 23.7. The number of rotatable bonds is 8. The molecule has 0 aliphatic carbocycles. The van der Waals surface area contributed by atoms with Gasteiger partial charge in [-0.15, -0.1) is 0 Å². The first-order valence-corrected chi connectivity index (χ1v) is 10.4. The number of carbonyl (C=O) groups excluding carboxylic acids is 2. The Kier molecular flexibility index (Phi) is 9.25. The molecule has 8 nitrogen and oxygen atoms in total. The van der Waals surface area contributed by atoms with E-state index in [-0.39, 0.29) is 23.5 Å². The second kappa shape index (κ2) is 11.7. The second-order valence-corrected chi connectivity index (χ2v) is 8.22. The average molecular weight is 456 g/mol. The summed E-state index contributed by atoms with van der Waals surface area (Å²) in [5.41, 5.74) is 0.0932. The number of hydrogen-bond donors (Lipinski definition) is 1. The van der Waals surface area contributed by atoms with Gasteiger partial charge in [0, 0.05) is 45.3 Å². The number of benzene rings is 1. The molecule has 1 heterocycles. The van der Waals surface area contributed by atoms with Gasteiger partial charge in [-0.25, -0.2) is 4.79 Å². The van der Waals surface area contributed by atoms with Gasteiger partial charge in [-0.2, -0.15) is 8.78 Å². The van der Waals surface area contributed by atoms with Crippen LogP contribution >= 0.6 is 0 Å². The third kappa shape index (κ3) is 8.70. The van der Waals surface area contributed by atoms with Gasteiger partial charge in [0.05, 0.1) is 7.11 Å². The van der Waals surface area contributed by atoms with Crippen molar-refractivity contribution in [2.45, 2.75) is 33.0 Å². The first-order chi connectivity index (χ1) is 15.1. The van der Waals surface area contributed by atoms with Gasteiger partial charge in [-0.05, 0) is 44.5 Å². The molecule has 0 saturated carbocycles. The predicted octanol–water partition coefficient (Wildman–Crippen LogP) is 2.98. The Morgan fingerprint density at radius 3 is 2.44 bits per heavy atom. The van der Waals surface area contributed by atoms with Crippen molar-refractivity contribution in [1.82, 2.24) is 15.1 Å². The van der Waals surface area contributed by atoms with Crippen LogP contribution < -0.4 is 14.8 Å². The highest BCUT2D eigenvalue weighted by atomic mass is 19.3. The predicted molar refractivity (Wildman–Crippen MR) is 116 cm³/mol. The Balaban J connectivity index is 1.73. The number of methoxy groups -OCH3 is 1. The van der Waals surface area contributed by atoms with Gasteiger partial charge >= 0.3 is 12.7 Å². The summed E-state index contributed by atoms with van der Waals surface area (Å²) < 4.78 is 39.6. The van der Waals surface area contributed by atoms with Crippen molar-refractivity contribution in [3.8, 4) is 11.5 Å². The summed E-state index contributed by atoms with van der Waals surface area (Å²) >= 11 is 0. The Bertz CT molecular complexity index is 803. The number of alkyl halides is 2. The fourth-order valence-electron chi connectivity index (χ4n) is 3.03. The molecule has 1 aromatic rings. The van der Waals surface area contributed by atoms with E-state index in [1.54, 1.807) is 17.0 Å². The van der Waals surface area contributed by atoms with Crippen LogP contribution in [-0.2, 0) is 9.53 Å². The minimum Gasteiger partial charge on any atom is -0.493 e. The largest absolute Gasteiger partial charge is 0.493 e. The first-order valence-electron chi connectivity index (χ1n) is 10.4. The molecule has 0 bridgehead atoms. The maximum absolute atomic E-state index is 12.4. The van der Waals surface area contributed by atoms with Crippen molar-refractivity contribution in [3.63, 3.8) is 0 Å². The van der Waals surface area contributed by atoms with Gasteiger partial charge < -0.3 is 24.4 Å². The Morgan fingerprint density at radius 1 is 1.16 bits per heavy atom. The summed E-state index contributed by atoms with van der Waals surface area (Å²) in [6, 6.07) is 4.42. The average Bonchev–Trinajstić information content (AvgIpc) is 2.72. The molecule has 1 aromatic carbocycles. The zero-order valence-corrected chi connectivity index (χ0v) is 18.9.